The van der Waals surface area contributed by atoms with E-state index in [0.717, 1.165) is 27.2 Å². The van der Waals surface area contributed by atoms with Gasteiger partial charge in [-0.05, 0) is 67.8 Å². The maximum absolute atomic E-state index is 14.1. The molecule has 0 bridgehead atoms. The van der Waals surface area contributed by atoms with Gasteiger partial charge in [-0.25, -0.2) is 8.42 Å². The minimum atomic E-state index is -4.12. The largest absolute Gasteiger partial charge is 0.354 e. The van der Waals surface area contributed by atoms with Crippen LogP contribution < -0.4 is 9.62 Å². The van der Waals surface area contributed by atoms with E-state index in [-0.39, 0.29) is 17.3 Å². The summed E-state index contributed by atoms with van der Waals surface area (Å²) in [6, 6.07) is 19.5. The number of unbranched alkanes of at least 4 members (excludes halogenated alkanes) is 1. The molecule has 3 rings (SSSR count). The SMILES string of the molecule is CCCCNC(=O)[C@@H](CC)N(Cc1ccccc1Cl)C(=O)CN(c1ccc(Br)cc1)S(=O)(=O)c1ccc(C)cc1. The maximum atomic E-state index is 14.1. The molecular formula is C30H35BrClN3O4S. The summed E-state index contributed by atoms with van der Waals surface area (Å²) in [4.78, 5) is 28.8. The molecule has 0 saturated heterocycles. The zero-order chi connectivity index (χ0) is 29.3. The topological polar surface area (TPSA) is 86.8 Å². The highest BCUT2D eigenvalue weighted by atomic mass is 79.9. The molecular weight excluding hydrogens is 614 g/mol. The number of nitrogens with zero attached hydrogens (tertiary/aromatic N) is 2. The molecule has 3 aromatic carbocycles. The zero-order valence-corrected chi connectivity index (χ0v) is 26.1. The lowest BCUT2D eigenvalue weighted by Crippen LogP contribution is -2.52. The van der Waals surface area contributed by atoms with Crippen molar-refractivity contribution in [1.29, 1.82) is 0 Å². The molecule has 10 heteroatoms. The number of carbonyl (C=O) groups excluding carboxylic acids is 2. The average molecular weight is 649 g/mol. The Hall–Kier alpha value is -2.88. The molecule has 214 valence electrons. The third-order valence-electron chi connectivity index (χ3n) is 6.52. The molecule has 0 saturated carbocycles. The summed E-state index contributed by atoms with van der Waals surface area (Å²) < 4.78 is 29.6. The van der Waals surface area contributed by atoms with E-state index in [1.165, 1.54) is 17.0 Å². The fourth-order valence-electron chi connectivity index (χ4n) is 4.21. The monoisotopic (exact) mass is 647 g/mol. The van der Waals surface area contributed by atoms with E-state index >= 15 is 0 Å². The highest BCUT2D eigenvalue weighted by Gasteiger charge is 2.33. The van der Waals surface area contributed by atoms with Crippen LogP contribution in [0.25, 0.3) is 0 Å². The van der Waals surface area contributed by atoms with Crippen molar-refractivity contribution in [3.05, 3.63) is 93.4 Å². The fourth-order valence-corrected chi connectivity index (χ4v) is 6.08. The molecule has 1 N–H and O–H groups in total. The van der Waals surface area contributed by atoms with Crippen LogP contribution in [0.2, 0.25) is 5.02 Å². The van der Waals surface area contributed by atoms with E-state index in [1.54, 1.807) is 54.6 Å². The summed E-state index contributed by atoms with van der Waals surface area (Å²) in [6.07, 6.45) is 2.07. The average Bonchev–Trinajstić information content (AvgIpc) is 2.93. The van der Waals surface area contributed by atoms with Crippen molar-refractivity contribution in [2.75, 3.05) is 17.4 Å². The Kier molecular flexibility index (Phi) is 11.6. The van der Waals surface area contributed by atoms with Gasteiger partial charge in [0.2, 0.25) is 11.8 Å². The molecule has 3 aromatic rings. The van der Waals surface area contributed by atoms with Crippen LogP contribution in [0.1, 0.15) is 44.2 Å². The van der Waals surface area contributed by atoms with Crippen molar-refractivity contribution in [2.24, 2.45) is 0 Å². The van der Waals surface area contributed by atoms with Crippen LogP contribution in [-0.4, -0.2) is 44.3 Å². The molecule has 0 unspecified atom stereocenters. The van der Waals surface area contributed by atoms with Crippen molar-refractivity contribution < 1.29 is 18.0 Å². The number of aryl methyl sites for hydroxylation is 1. The molecule has 0 fully saturated rings. The van der Waals surface area contributed by atoms with Crippen LogP contribution >= 0.6 is 27.5 Å². The second kappa shape index (κ2) is 14.7. The van der Waals surface area contributed by atoms with Crippen LogP contribution in [0.15, 0.2) is 82.2 Å². The Morgan fingerprint density at radius 1 is 0.975 bits per heavy atom. The van der Waals surface area contributed by atoms with Crippen LogP contribution in [-0.2, 0) is 26.2 Å². The van der Waals surface area contributed by atoms with Gasteiger partial charge in [0.1, 0.15) is 12.6 Å². The van der Waals surface area contributed by atoms with Gasteiger partial charge in [0.05, 0.1) is 10.6 Å². The first-order chi connectivity index (χ1) is 19.1. The van der Waals surface area contributed by atoms with E-state index in [2.05, 4.69) is 21.2 Å². The first-order valence-corrected chi connectivity index (χ1v) is 15.8. The molecule has 2 amide bonds. The molecule has 0 aliphatic heterocycles. The van der Waals surface area contributed by atoms with Crippen molar-refractivity contribution in [3.8, 4) is 0 Å². The van der Waals surface area contributed by atoms with Gasteiger partial charge in [-0.1, -0.05) is 83.7 Å². The number of carbonyl (C=O) groups is 2. The van der Waals surface area contributed by atoms with Gasteiger partial charge in [0.25, 0.3) is 10.0 Å². The van der Waals surface area contributed by atoms with Gasteiger partial charge in [0, 0.05) is 22.6 Å². The summed E-state index contributed by atoms with van der Waals surface area (Å²) in [6.45, 7) is 5.77. The minimum Gasteiger partial charge on any atom is -0.354 e. The number of anilines is 1. The van der Waals surface area contributed by atoms with Crippen LogP contribution in [0, 0.1) is 6.92 Å². The van der Waals surface area contributed by atoms with Crippen LogP contribution in [0.5, 0.6) is 0 Å². The molecule has 0 aliphatic rings. The molecule has 40 heavy (non-hydrogen) atoms. The molecule has 0 heterocycles. The highest BCUT2D eigenvalue weighted by molar-refractivity contribution is 9.10. The van der Waals surface area contributed by atoms with Gasteiger partial charge >= 0.3 is 0 Å². The van der Waals surface area contributed by atoms with Crippen molar-refractivity contribution >= 4 is 55.1 Å². The summed E-state index contributed by atoms with van der Waals surface area (Å²) in [5.41, 5.74) is 1.90. The molecule has 0 aliphatic carbocycles. The fraction of sp³-hybridized carbons (Fsp3) is 0.333. The Morgan fingerprint density at radius 2 is 1.62 bits per heavy atom. The number of benzene rings is 3. The Morgan fingerprint density at radius 3 is 2.23 bits per heavy atom. The zero-order valence-electron chi connectivity index (χ0n) is 22.9. The Labute approximate surface area is 250 Å². The number of halogens is 2. The number of sulfonamides is 1. The molecule has 7 nitrogen and oxygen atoms in total. The Balaban J connectivity index is 2.04. The number of hydrogen-bond donors (Lipinski definition) is 1. The predicted octanol–water partition coefficient (Wildman–Crippen LogP) is 6.33. The lowest BCUT2D eigenvalue weighted by Gasteiger charge is -2.33. The van der Waals surface area contributed by atoms with E-state index < -0.39 is 28.5 Å². The highest BCUT2D eigenvalue weighted by Crippen LogP contribution is 2.27. The standard InChI is InChI=1S/C30H35BrClN3O4S/c1-4-6-19-33-30(37)28(5-2)34(20-23-9-7-8-10-27(23)32)29(36)21-35(25-15-13-24(31)14-16-25)40(38,39)26-17-11-22(3)12-18-26/h7-18,28H,4-6,19-21H2,1-3H3,(H,33,37)/t28-/m1/s1. The number of nitrogens with one attached hydrogen (secondary N) is 1. The van der Waals surface area contributed by atoms with Gasteiger partial charge in [-0.3, -0.25) is 13.9 Å². The second-order valence-electron chi connectivity index (χ2n) is 9.48. The van der Waals surface area contributed by atoms with Crippen molar-refractivity contribution in [2.45, 2.75) is 57.5 Å². The van der Waals surface area contributed by atoms with E-state index in [4.69, 9.17) is 11.6 Å². The maximum Gasteiger partial charge on any atom is 0.264 e. The third-order valence-corrected chi connectivity index (χ3v) is 9.20. The van der Waals surface area contributed by atoms with Crippen molar-refractivity contribution in [1.82, 2.24) is 10.2 Å². The summed E-state index contributed by atoms with van der Waals surface area (Å²) in [5.74, 6) is -0.802. The van der Waals surface area contributed by atoms with E-state index in [9.17, 15) is 18.0 Å². The minimum absolute atomic E-state index is 0.0525. The van der Waals surface area contributed by atoms with Crippen molar-refractivity contribution in [3.63, 3.8) is 0 Å². The molecule has 1 atom stereocenters. The van der Waals surface area contributed by atoms with E-state index in [1.807, 2.05) is 26.8 Å². The quantitative estimate of drug-likeness (QED) is 0.220. The number of amides is 2. The smallest absolute Gasteiger partial charge is 0.264 e. The lowest BCUT2D eigenvalue weighted by molar-refractivity contribution is -0.140. The first kappa shape index (κ1) is 31.6. The van der Waals surface area contributed by atoms with Crippen LogP contribution in [0.4, 0.5) is 5.69 Å². The van der Waals surface area contributed by atoms with E-state index in [0.29, 0.717) is 29.2 Å². The number of hydrogen-bond acceptors (Lipinski definition) is 4. The first-order valence-electron chi connectivity index (χ1n) is 13.2. The molecule has 0 spiro atoms. The summed E-state index contributed by atoms with van der Waals surface area (Å²) >= 11 is 9.82. The Bertz CT molecular complexity index is 1400. The normalized spacial score (nSPS) is 12.0. The summed E-state index contributed by atoms with van der Waals surface area (Å²) in [7, 11) is -4.12. The van der Waals surface area contributed by atoms with Gasteiger partial charge in [-0.2, -0.15) is 0 Å². The molecule has 0 aromatic heterocycles. The van der Waals surface area contributed by atoms with Gasteiger partial charge < -0.3 is 10.2 Å². The predicted molar refractivity (Wildman–Crippen MR) is 164 cm³/mol. The third kappa shape index (κ3) is 8.08. The number of rotatable bonds is 13. The lowest BCUT2D eigenvalue weighted by atomic mass is 10.1. The van der Waals surface area contributed by atoms with Crippen LogP contribution in [0.3, 0.4) is 0 Å². The summed E-state index contributed by atoms with van der Waals surface area (Å²) in [5, 5.41) is 3.38. The second-order valence-corrected chi connectivity index (χ2v) is 12.7. The van der Waals surface area contributed by atoms with Gasteiger partial charge in [0.15, 0.2) is 0 Å². The van der Waals surface area contributed by atoms with Gasteiger partial charge in [-0.15, -0.1) is 0 Å². The molecule has 0 radical (unpaired) electrons.